The second kappa shape index (κ2) is 6.42. The van der Waals surface area contributed by atoms with Gasteiger partial charge in [-0.1, -0.05) is 18.2 Å². The predicted octanol–water partition coefficient (Wildman–Crippen LogP) is 3.17. The summed E-state index contributed by atoms with van der Waals surface area (Å²) in [4.78, 5) is 15.3. The number of H-pyrrole nitrogens is 1. The van der Waals surface area contributed by atoms with Crippen LogP contribution in [-0.2, 0) is 11.8 Å². The normalized spacial score (nSPS) is 10.9. The molecule has 118 valence electrons. The van der Waals surface area contributed by atoms with Crippen LogP contribution in [0.4, 0.5) is 10.1 Å². The molecule has 1 heterocycles. The molecule has 0 aliphatic rings. The summed E-state index contributed by atoms with van der Waals surface area (Å²) >= 11 is 1.41. The molecule has 1 aromatic heterocycles. The molecule has 0 unspecified atom stereocenters. The molecule has 23 heavy (non-hydrogen) atoms. The standard InChI is InChI=1S/C17H16FN3OS/c1-11-7-8-12(9-13(11)18)19-16(22)10-23-17-20-14-5-3-4-6-15(14)21(17)2/h3-9H,10H2,1-2H3,(H,19,22)/p+1. The molecule has 0 saturated carbocycles. The van der Waals surface area contributed by atoms with Gasteiger partial charge in [-0.15, -0.1) is 0 Å². The maximum Gasteiger partial charge on any atom is 0.317 e. The van der Waals surface area contributed by atoms with Crippen LogP contribution in [0.3, 0.4) is 0 Å². The van der Waals surface area contributed by atoms with Crippen molar-refractivity contribution in [2.24, 2.45) is 7.05 Å². The van der Waals surface area contributed by atoms with Gasteiger partial charge in [0.25, 0.3) is 0 Å². The molecular formula is C17H17FN3OS+. The number of para-hydroxylation sites is 2. The SMILES string of the molecule is Cc1ccc(NC(=O)CSc2[nH]c3ccccc3[n+]2C)cc1F. The number of amides is 1. The molecule has 0 aliphatic heterocycles. The largest absolute Gasteiger partial charge is 0.325 e. The van der Waals surface area contributed by atoms with Crippen LogP contribution in [-0.4, -0.2) is 16.6 Å². The van der Waals surface area contributed by atoms with Gasteiger partial charge in [0.15, 0.2) is 11.0 Å². The Kier molecular flexibility index (Phi) is 4.34. The van der Waals surface area contributed by atoms with Gasteiger partial charge in [-0.2, -0.15) is 0 Å². The molecule has 0 spiro atoms. The van der Waals surface area contributed by atoms with E-state index in [0.717, 1.165) is 16.2 Å². The van der Waals surface area contributed by atoms with E-state index in [4.69, 9.17) is 0 Å². The van der Waals surface area contributed by atoms with Crippen molar-refractivity contribution in [3.8, 4) is 0 Å². The van der Waals surface area contributed by atoms with Crippen molar-refractivity contribution in [2.75, 3.05) is 11.1 Å². The Hall–Kier alpha value is -2.34. The summed E-state index contributed by atoms with van der Waals surface area (Å²) in [5.41, 5.74) is 3.14. The van der Waals surface area contributed by atoms with E-state index in [1.165, 1.54) is 17.8 Å². The summed E-state index contributed by atoms with van der Waals surface area (Å²) in [6.45, 7) is 1.69. The zero-order valence-electron chi connectivity index (χ0n) is 12.9. The van der Waals surface area contributed by atoms with Gasteiger partial charge in [-0.25, -0.2) is 13.9 Å². The highest BCUT2D eigenvalue weighted by Crippen LogP contribution is 2.18. The zero-order chi connectivity index (χ0) is 16.4. The second-order valence-electron chi connectivity index (χ2n) is 5.31. The van der Waals surface area contributed by atoms with E-state index in [2.05, 4.69) is 10.3 Å². The fourth-order valence-electron chi connectivity index (χ4n) is 2.31. The lowest BCUT2D eigenvalue weighted by molar-refractivity contribution is -0.683. The number of anilines is 1. The number of rotatable bonds is 4. The van der Waals surface area contributed by atoms with Gasteiger partial charge < -0.3 is 5.32 Å². The number of thioether (sulfide) groups is 1. The second-order valence-corrected chi connectivity index (χ2v) is 6.27. The molecule has 2 N–H and O–H groups in total. The van der Waals surface area contributed by atoms with Crippen molar-refractivity contribution in [3.05, 3.63) is 53.8 Å². The van der Waals surface area contributed by atoms with Gasteiger partial charge >= 0.3 is 5.16 Å². The van der Waals surface area contributed by atoms with Crippen LogP contribution in [0.1, 0.15) is 5.56 Å². The highest BCUT2D eigenvalue weighted by Gasteiger charge is 2.16. The molecule has 0 bridgehead atoms. The van der Waals surface area contributed by atoms with Gasteiger partial charge in [0, 0.05) is 5.69 Å². The number of carbonyl (C=O) groups is 1. The third kappa shape index (κ3) is 3.37. The van der Waals surface area contributed by atoms with Crippen molar-refractivity contribution in [3.63, 3.8) is 0 Å². The van der Waals surface area contributed by atoms with E-state index in [-0.39, 0.29) is 17.5 Å². The first-order valence-electron chi connectivity index (χ1n) is 7.20. The van der Waals surface area contributed by atoms with Gasteiger partial charge in [0.1, 0.15) is 5.82 Å². The molecule has 0 aliphatic carbocycles. The van der Waals surface area contributed by atoms with Crippen molar-refractivity contribution in [1.82, 2.24) is 4.98 Å². The summed E-state index contributed by atoms with van der Waals surface area (Å²) in [5, 5.41) is 3.61. The summed E-state index contributed by atoms with van der Waals surface area (Å²) in [6.07, 6.45) is 0. The average Bonchev–Trinajstić information content (AvgIpc) is 2.86. The summed E-state index contributed by atoms with van der Waals surface area (Å²) in [6, 6.07) is 12.6. The Morgan fingerprint density at radius 2 is 2.09 bits per heavy atom. The number of hydrogen-bond donors (Lipinski definition) is 2. The highest BCUT2D eigenvalue weighted by atomic mass is 32.2. The number of hydrogen-bond acceptors (Lipinski definition) is 2. The number of halogens is 1. The molecule has 0 saturated heterocycles. The monoisotopic (exact) mass is 330 g/mol. The molecule has 6 heteroatoms. The van der Waals surface area contributed by atoms with E-state index in [1.54, 1.807) is 19.1 Å². The minimum Gasteiger partial charge on any atom is -0.325 e. The van der Waals surface area contributed by atoms with Gasteiger partial charge in [-0.05, 0) is 48.5 Å². The predicted molar refractivity (Wildman–Crippen MR) is 90.0 cm³/mol. The Morgan fingerprint density at radius 3 is 2.83 bits per heavy atom. The Morgan fingerprint density at radius 1 is 1.30 bits per heavy atom. The van der Waals surface area contributed by atoms with Crippen molar-refractivity contribution in [1.29, 1.82) is 0 Å². The number of carbonyl (C=O) groups excluding carboxylic acids is 1. The summed E-state index contributed by atoms with van der Waals surface area (Å²) < 4.78 is 15.5. The van der Waals surface area contributed by atoms with Crippen LogP contribution >= 0.6 is 11.8 Å². The fourth-order valence-corrected chi connectivity index (χ4v) is 3.13. The molecular weight excluding hydrogens is 313 g/mol. The van der Waals surface area contributed by atoms with Crippen LogP contribution in [0, 0.1) is 12.7 Å². The van der Waals surface area contributed by atoms with E-state index in [9.17, 15) is 9.18 Å². The number of aryl methyl sites for hydroxylation is 2. The average molecular weight is 330 g/mol. The number of imidazole rings is 1. The molecule has 0 atom stereocenters. The molecule has 4 nitrogen and oxygen atoms in total. The topological polar surface area (TPSA) is 48.8 Å². The first kappa shape index (κ1) is 15.6. The van der Waals surface area contributed by atoms with Crippen LogP contribution in [0.25, 0.3) is 11.0 Å². The number of benzene rings is 2. The number of fused-ring (bicyclic) bond motifs is 1. The fraction of sp³-hybridized carbons (Fsp3) is 0.176. The van der Waals surface area contributed by atoms with E-state index < -0.39 is 0 Å². The maximum absolute atomic E-state index is 13.5. The summed E-state index contributed by atoms with van der Waals surface area (Å²) in [7, 11) is 1.95. The number of aromatic amines is 1. The first-order valence-corrected chi connectivity index (χ1v) is 8.18. The lowest BCUT2D eigenvalue weighted by Crippen LogP contribution is -2.29. The van der Waals surface area contributed by atoms with Crippen molar-refractivity contribution < 1.29 is 13.8 Å². The minimum atomic E-state index is -0.322. The van der Waals surface area contributed by atoms with Gasteiger partial charge in [-0.3, -0.25) is 4.79 Å². The molecule has 2 aromatic carbocycles. The Balaban J connectivity index is 1.66. The molecule has 0 fully saturated rings. The Bertz CT molecular complexity index is 875. The lowest BCUT2D eigenvalue weighted by Gasteiger charge is -2.05. The molecule has 3 rings (SSSR count). The molecule has 0 radical (unpaired) electrons. The van der Waals surface area contributed by atoms with Gasteiger partial charge in [0.2, 0.25) is 5.91 Å². The smallest absolute Gasteiger partial charge is 0.317 e. The number of nitrogens with one attached hydrogen (secondary N) is 2. The van der Waals surface area contributed by atoms with Crippen LogP contribution in [0.15, 0.2) is 47.6 Å². The minimum absolute atomic E-state index is 0.170. The van der Waals surface area contributed by atoms with Crippen molar-refractivity contribution >= 4 is 34.4 Å². The van der Waals surface area contributed by atoms with E-state index in [1.807, 2.05) is 35.9 Å². The van der Waals surface area contributed by atoms with Gasteiger partial charge in [0.05, 0.1) is 12.8 Å². The maximum atomic E-state index is 13.5. The Labute approximate surface area is 137 Å². The van der Waals surface area contributed by atoms with E-state index in [0.29, 0.717) is 11.3 Å². The number of aromatic nitrogens is 2. The first-order chi connectivity index (χ1) is 11.0. The third-order valence-electron chi connectivity index (χ3n) is 3.61. The zero-order valence-corrected chi connectivity index (χ0v) is 13.7. The van der Waals surface area contributed by atoms with E-state index >= 15 is 0 Å². The lowest BCUT2D eigenvalue weighted by atomic mass is 10.2. The third-order valence-corrected chi connectivity index (χ3v) is 4.66. The summed E-state index contributed by atoms with van der Waals surface area (Å²) in [5.74, 6) is -0.245. The quantitative estimate of drug-likeness (QED) is 0.570. The van der Waals surface area contributed by atoms with Crippen LogP contribution in [0.5, 0.6) is 0 Å². The molecule has 1 amide bonds. The highest BCUT2D eigenvalue weighted by molar-refractivity contribution is 7.99. The van der Waals surface area contributed by atoms with Crippen LogP contribution in [0.2, 0.25) is 0 Å². The van der Waals surface area contributed by atoms with Crippen molar-refractivity contribution in [2.45, 2.75) is 12.1 Å². The van der Waals surface area contributed by atoms with Crippen LogP contribution < -0.4 is 9.88 Å². The number of nitrogens with zero attached hydrogens (tertiary/aromatic N) is 1. The molecule has 3 aromatic rings.